The molecule has 2 heterocycles. The Hall–Kier alpha value is -1.39. The molecule has 4 heteroatoms. The van der Waals surface area contributed by atoms with Crippen LogP contribution in [-0.4, -0.2) is 23.2 Å². The zero-order valence-corrected chi connectivity index (χ0v) is 11.9. The van der Waals surface area contributed by atoms with Crippen LogP contribution in [0.3, 0.4) is 0 Å². The molecule has 1 unspecified atom stereocenters. The molecule has 3 rings (SSSR count). The summed E-state index contributed by atoms with van der Waals surface area (Å²) in [5.74, 6) is 0. The summed E-state index contributed by atoms with van der Waals surface area (Å²) in [6, 6.07) is 8.68. The van der Waals surface area contributed by atoms with Crippen molar-refractivity contribution in [2.45, 2.75) is 25.9 Å². The Balaban J connectivity index is 1.77. The van der Waals surface area contributed by atoms with Gasteiger partial charge in [-0.1, -0.05) is 24.3 Å². The normalized spacial score (nSPS) is 16.8. The third-order valence-electron chi connectivity index (χ3n) is 3.63. The third kappa shape index (κ3) is 2.65. The minimum absolute atomic E-state index is 0.478. The Bertz CT molecular complexity index is 538. The van der Waals surface area contributed by atoms with Gasteiger partial charge >= 0.3 is 0 Å². The van der Waals surface area contributed by atoms with Gasteiger partial charge in [0, 0.05) is 18.5 Å². The van der Waals surface area contributed by atoms with Gasteiger partial charge in [0.05, 0.1) is 11.8 Å². The van der Waals surface area contributed by atoms with Crippen molar-refractivity contribution in [2.24, 2.45) is 0 Å². The number of aromatic nitrogens is 1. The van der Waals surface area contributed by atoms with Crippen LogP contribution in [0.25, 0.3) is 0 Å². The van der Waals surface area contributed by atoms with Crippen molar-refractivity contribution in [3.05, 3.63) is 46.5 Å². The summed E-state index contributed by atoms with van der Waals surface area (Å²) >= 11 is 1.63. The topological polar surface area (TPSA) is 36.4 Å². The Labute approximate surface area is 117 Å². The molecular formula is C15H18N2OS. The fourth-order valence-electron chi connectivity index (χ4n) is 2.47. The Morgan fingerprint density at radius 1 is 1.21 bits per heavy atom. The quantitative estimate of drug-likeness (QED) is 0.915. The van der Waals surface area contributed by atoms with Gasteiger partial charge in [-0.05, 0) is 30.9 Å². The van der Waals surface area contributed by atoms with Crippen LogP contribution >= 0.6 is 11.3 Å². The van der Waals surface area contributed by atoms with Gasteiger partial charge in [0.15, 0.2) is 5.13 Å². The molecule has 100 valence electrons. The molecule has 0 saturated carbocycles. The van der Waals surface area contributed by atoms with Gasteiger partial charge in [-0.15, -0.1) is 11.3 Å². The number of rotatable bonds is 2. The van der Waals surface area contributed by atoms with Crippen molar-refractivity contribution in [1.82, 2.24) is 4.98 Å². The minimum atomic E-state index is -0.478. The van der Waals surface area contributed by atoms with E-state index < -0.39 is 6.10 Å². The second kappa shape index (κ2) is 5.31. The minimum Gasteiger partial charge on any atom is -0.387 e. The van der Waals surface area contributed by atoms with Crippen LogP contribution in [0, 0.1) is 0 Å². The van der Waals surface area contributed by atoms with Crippen LogP contribution < -0.4 is 4.90 Å². The summed E-state index contributed by atoms with van der Waals surface area (Å²) < 4.78 is 0. The van der Waals surface area contributed by atoms with Crippen molar-refractivity contribution < 1.29 is 5.11 Å². The van der Waals surface area contributed by atoms with Crippen molar-refractivity contribution >= 4 is 16.5 Å². The molecule has 1 aromatic carbocycles. The monoisotopic (exact) mass is 274 g/mol. The molecular weight excluding hydrogens is 256 g/mol. The maximum atomic E-state index is 9.56. The number of hydrogen-bond acceptors (Lipinski definition) is 4. The zero-order chi connectivity index (χ0) is 13.2. The highest BCUT2D eigenvalue weighted by molar-refractivity contribution is 7.13. The zero-order valence-electron chi connectivity index (χ0n) is 11.0. The van der Waals surface area contributed by atoms with E-state index in [2.05, 4.69) is 34.1 Å². The molecule has 1 aliphatic rings. The summed E-state index contributed by atoms with van der Waals surface area (Å²) in [7, 11) is 0. The number of benzene rings is 1. The lowest BCUT2D eigenvalue weighted by molar-refractivity contribution is 0.195. The van der Waals surface area contributed by atoms with E-state index in [4.69, 9.17) is 0 Å². The van der Waals surface area contributed by atoms with Crippen LogP contribution in [0.2, 0.25) is 0 Å². The fraction of sp³-hybridized carbons (Fsp3) is 0.400. The highest BCUT2D eigenvalue weighted by Gasteiger charge is 2.17. The predicted molar refractivity (Wildman–Crippen MR) is 78.8 cm³/mol. The lowest BCUT2D eigenvalue weighted by Crippen LogP contribution is -2.25. The smallest absolute Gasteiger partial charge is 0.185 e. The Kier molecular flexibility index (Phi) is 3.53. The first-order chi connectivity index (χ1) is 9.24. The molecule has 1 atom stereocenters. The predicted octanol–water partition coefficient (Wildman–Crippen LogP) is 2.80. The fourth-order valence-corrected chi connectivity index (χ4v) is 3.44. The molecule has 19 heavy (non-hydrogen) atoms. The van der Waals surface area contributed by atoms with E-state index >= 15 is 0 Å². The van der Waals surface area contributed by atoms with Crippen LogP contribution in [-0.2, 0) is 12.8 Å². The summed E-state index contributed by atoms with van der Waals surface area (Å²) in [6.45, 7) is 3.77. The second-order valence-corrected chi connectivity index (χ2v) is 5.82. The van der Waals surface area contributed by atoms with Gasteiger partial charge in [0.25, 0.3) is 0 Å². The summed E-state index contributed by atoms with van der Waals surface area (Å²) in [5, 5.41) is 12.5. The van der Waals surface area contributed by atoms with Crippen LogP contribution in [0.15, 0.2) is 29.6 Å². The van der Waals surface area contributed by atoms with Gasteiger partial charge in [-0.3, -0.25) is 0 Å². The van der Waals surface area contributed by atoms with Gasteiger partial charge in [-0.25, -0.2) is 4.98 Å². The lowest BCUT2D eigenvalue weighted by Gasteiger charge is -2.18. The molecule has 0 spiro atoms. The Morgan fingerprint density at radius 3 is 2.37 bits per heavy atom. The van der Waals surface area contributed by atoms with Gasteiger partial charge < -0.3 is 10.0 Å². The van der Waals surface area contributed by atoms with E-state index in [0.717, 1.165) is 36.8 Å². The molecule has 0 saturated heterocycles. The average molecular weight is 274 g/mol. The highest BCUT2D eigenvalue weighted by atomic mass is 32.1. The molecule has 0 aliphatic carbocycles. The van der Waals surface area contributed by atoms with Crippen LogP contribution in [0.1, 0.15) is 29.8 Å². The van der Waals surface area contributed by atoms with Gasteiger partial charge in [0.2, 0.25) is 0 Å². The molecule has 3 nitrogen and oxygen atoms in total. The van der Waals surface area contributed by atoms with Crippen molar-refractivity contribution in [2.75, 3.05) is 18.0 Å². The summed E-state index contributed by atoms with van der Waals surface area (Å²) in [5.41, 5.74) is 3.69. The van der Waals surface area contributed by atoms with Crippen molar-refractivity contribution in [1.29, 1.82) is 0 Å². The summed E-state index contributed by atoms with van der Waals surface area (Å²) in [6.07, 6.45) is 1.66. The molecule has 1 N–H and O–H groups in total. The van der Waals surface area contributed by atoms with E-state index in [1.54, 1.807) is 18.3 Å². The first kappa shape index (κ1) is 12.6. The maximum Gasteiger partial charge on any atom is 0.185 e. The van der Waals surface area contributed by atoms with E-state index in [9.17, 15) is 5.11 Å². The molecule has 1 aliphatic heterocycles. The number of thiazole rings is 1. The van der Waals surface area contributed by atoms with Crippen LogP contribution in [0.4, 0.5) is 5.13 Å². The van der Waals surface area contributed by atoms with E-state index in [1.807, 2.05) is 5.38 Å². The average Bonchev–Trinajstić information content (AvgIpc) is 2.80. The van der Waals surface area contributed by atoms with Gasteiger partial charge in [0.1, 0.15) is 0 Å². The number of aliphatic hydroxyl groups excluding tert-OH is 1. The first-order valence-electron chi connectivity index (χ1n) is 6.69. The van der Waals surface area contributed by atoms with Crippen LogP contribution in [0.5, 0.6) is 0 Å². The molecule has 0 amide bonds. The lowest BCUT2D eigenvalue weighted by atomic mass is 10.0. The van der Waals surface area contributed by atoms with E-state index in [-0.39, 0.29) is 0 Å². The number of nitrogens with zero attached hydrogens (tertiary/aromatic N) is 2. The molecule has 0 radical (unpaired) electrons. The molecule has 1 aromatic heterocycles. The van der Waals surface area contributed by atoms with E-state index in [0.29, 0.717) is 0 Å². The van der Waals surface area contributed by atoms with E-state index in [1.165, 1.54) is 11.1 Å². The van der Waals surface area contributed by atoms with Crippen molar-refractivity contribution in [3.63, 3.8) is 0 Å². The third-order valence-corrected chi connectivity index (χ3v) is 4.55. The highest BCUT2D eigenvalue weighted by Crippen LogP contribution is 2.26. The largest absolute Gasteiger partial charge is 0.387 e. The standard InChI is InChI=1S/C15H18N2OS/c1-11(18)14-10-19-15(16-14)17-8-6-12-4-2-3-5-13(12)7-9-17/h2-5,10-11,18H,6-9H2,1H3. The maximum absolute atomic E-state index is 9.56. The Morgan fingerprint density at radius 2 is 1.84 bits per heavy atom. The first-order valence-corrected chi connectivity index (χ1v) is 7.57. The number of aliphatic hydroxyl groups is 1. The number of fused-ring (bicyclic) bond motifs is 1. The number of hydrogen-bond donors (Lipinski definition) is 1. The molecule has 2 aromatic rings. The molecule has 0 bridgehead atoms. The number of anilines is 1. The van der Waals surface area contributed by atoms with Crippen molar-refractivity contribution in [3.8, 4) is 0 Å². The summed E-state index contributed by atoms with van der Waals surface area (Å²) in [4.78, 5) is 6.86. The SMILES string of the molecule is CC(O)c1csc(N2CCc3ccccc3CC2)n1. The van der Waals surface area contributed by atoms with Gasteiger partial charge in [-0.2, -0.15) is 0 Å². The molecule has 0 fully saturated rings. The second-order valence-electron chi connectivity index (χ2n) is 4.99.